The topological polar surface area (TPSA) is 71.5 Å². The van der Waals surface area contributed by atoms with Gasteiger partial charge in [-0.2, -0.15) is 0 Å². The fourth-order valence-electron chi connectivity index (χ4n) is 4.00. The lowest BCUT2D eigenvalue weighted by molar-refractivity contribution is 0.0188. The molecule has 1 aliphatic heterocycles. The van der Waals surface area contributed by atoms with Crippen LogP contribution in [-0.2, 0) is 4.74 Å². The predicted octanol–water partition coefficient (Wildman–Crippen LogP) is 5.65. The van der Waals surface area contributed by atoms with Crippen LogP contribution in [0.4, 0.5) is 10.5 Å². The van der Waals surface area contributed by atoms with E-state index in [0.717, 1.165) is 53.3 Å². The smallest absolute Gasteiger partial charge is 0.410 e. The maximum Gasteiger partial charge on any atom is 0.410 e. The summed E-state index contributed by atoms with van der Waals surface area (Å²) in [5, 5.41) is 4.55. The van der Waals surface area contributed by atoms with E-state index in [-0.39, 0.29) is 17.8 Å². The first kappa shape index (κ1) is 22.1. The van der Waals surface area contributed by atoms with Gasteiger partial charge >= 0.3 is 6.09 Å². The lowest BCUT2D eigenvalue weighted by atomic mass is 9.96. The summed E-state index contributed by atoms with van der Waals surface area (Å²) in [5.41, 5.74) is 1.98. The van der Waals surface area contributed by atoms with E-state index in [2.05, 4.69) is 26.2 Å². The minimum atomic E-state index is -0.476. The average molecular weight is 488 g/mol. The van der Waals surface area contributed by atoms with E-state index in [1.165, 1.54) is 0 Å². The molecule has 31 heavy (non-hydrogen) atoms. The van der Waals surface area contributed by atoms with E-state index in [1.54, 1.807) is 11.1 Å². The number of aromatic nitrogens is 1. The van der Waals surface area contributed by atoms with Crippen LogP contribution in [0.5, 0.6) is 0 Å². The van der Waals surface area contributed by atoms with E-state index < -0.39 is 5.60 Å². The van der Waals surface area contributed by atoms with Gasteiger partial charge in [0, 0.05) is 41.6 Å². The Balaban J connectivity index is 1.45. The Hall–Kier alpha value is -2.15. The van der Waals surface area contributed by atoms with Crippen molar-refractivity contribution in [2.75, 3.05) is 25.0 Å². The molecule has 1 aliphatic carbocycles. The molecule has 6 nitrogen and oxygen atoms in total. The summed E-state index contributed by atoms with van der Waals surface area (Å²) < 4.78 is 6.46. The SMILES string of the molecule is CC(C)(C)OC(=O)N1CCC(CNc2c(C(=O)C3CC3)cnc3ccc(Br)cc23)CC1. The monoisotopic (exact) mass is 487 g/mol. The summed E-state index contributed by atoms with van der Waals surface area (Å²) in [6.07, 6.45) is 5.25. The molecule has 2 heterocycles. The third-order valence-electron chi connectivity index (χ3n) is 5.88. The Morgan fingerprint density at radius 2 is 1.90 bits per heavy atom. The highest BCUT2D eigenvalue weighted by Crippen LogP contribution is 2.37. The van der Waals surface area contributed by atoms with E-state index in [1.807, 2.05) is 39.0 Å². The molecule has 2 fully saturated rings. The number of hydrogen-bond acceptors (Lipinski definition) is 5. The van der Waals surface area contributed by atoms with Crippen molar-refractivity contribution < 1.29 is 14.3 Å². The van der Waals surface area contributed by atoms with Crippen LogP contribution in [0.1, 0.15) is 56.8 Å². The molecule has 0 spiro atoms. The predicted molar refractivity (Wildman–Crippen MR) is 126 cm³/mol. The Morgan fingerprint density at radius 3 is 2.55 bits per heavy atom. The van der Waals surface area contributed by atoms with Gasteiger partial charge in [-0.1, -0.05) is 15.9 Å². The molecular formula is C24H30BrN3O3. The zero-order valence-electron chi connectivity index (χ0n) is 18.4. The van der Waals surface area contributed by atoms with Gasteiger partial charge < -0.3 is 15.0 Å². The van der Waals surface area contributed by atoms with Crippen molar-refractivity contribution in [3.8, 4) is 0 Å². The minimum absolute atomic E-state index is 0.143. The molecule has 0 bridgehead atoms. The Labute approximate surface area is 191 Å². The van der Waals surface area contributed by atoms with Gasteiger partial charge in [-0.05, 0) is 70.6 Å². The summed E-state index contributed by atoms with van der Waals surface area (Å²) >= 11 is 3.55. The zero-order valence-corrected chi connectivity index (χ0v) is 20.0. The fraction of sp³-hybridized carbons (Fsp3) is 0.542. The van der Waals surface area contributed by atoms with Gasteiger partial charge in [-0.25, -0.2) is 4.79 Å². The van der Waals surface area contributed by atoms with Crippen molar-refractivity contribution in [2.45, 2.75) is 52.1 Å². The molecule has 7 heteroatoms. The number of nitrogens with zero attached hydrogens (tertiary/aromatic N) is 2. The van der Waals surface area contributed by atoms with Gasteiger partial charge in [-0.15, -0.1) is 0 Å². The van der Waals surface area contributed by atoms with Crippen molar-refractivity contribution in [3.05, 3.63) is 34.4 Å². The molecule has 1 aromatic carbocycles. The first-order valence-corrected chi connectivity index (χ1v) is 11.8. The van der Waals surface area contributed by atoms with Crippen LogP contribution in [0, 0.1) is 11.8 Å². The lowest BCUT2D eigenvalue weighted by Gasteiger charge is -2.33. The largest absolute Gasteiger partial charge is 0.444 e. The van der Waals surface area contributed by atoms with Gasteiger partial charge in [0.2, 0.25) is 0 Å². The maximum atomic E-state index is 12.9. The quantitative estimate of drug-likeness (QED) is 0.551. The van der Waals surface area contributed by atoms with Crippen LogP contribution in [0.15, 0.2) is 28.9 Å². The molecule has 166 valence electrons. The lowest BCUT2D eigenvalue weighted by Crippen LogP contribution is -2.42. The summed E-state index contributed by atoms with van der Waals surface area (Å²) in [6.45, 7) is 7.81. The summed E-state index contributed by atoms with van der Waals surface area (Å²) in [4.78, 5) is 31.5. The van der Waals surface area contributed by atoms with E-state index in [9.17, 15) is 9.59 Å². The van der Waals surface area contributed by atoms with Crippen molar-refractivity contribution in [2.24, 2.45) is 11.8 Å². The first-order valence-electron chi connectivity index (χ1n) is 11.1. The van der Waals surface area contributed by atoms with Crippen LogP contribution in [0.3, 0.4) is 0 Å². The maximum absolute atomic E-state index is 12.9. The van der Waals surface area contributed by atoms with Gasteiger partial charge in [0.25, 0.3) is 0 Å². The Morgan fingerprint density at radius 1 is 1.19 bits per heavy atom. The number of likely N-dealkylation sites (tertiary alicyclic amines) is 1. The molecule has 1 aromatic heterocycles. The third kappa shape index (κ3) is 5.37. The number of ether oxygens (including phenoxy) is 1. The number of nitrogens with one attached hydrogen (secondary N) is 1. The number of piperidine rings is 1. The molecule has 1 saturated carbocycles. The number of hydrogen-bond donors (Lipinski definition) is 1. The highest BCUT2D eigenvalue weighted by atomic mass is 79.9. The van der Waals surface area contributed by atoms with E-state index in [0.29, 0.717) is 24.6 Å². The van der Waals surface area contributed by atoms with Crippen LogP contribution < -0.4 is 5.32 Å². The number of carbonyl (C=O) groups excluding carboxylic acids is 2. The number of anilines is 1. The van der Waals surface area contributed by atoms with Crippen molar-refractivity contribution in [1.82, 2.24) is 9.88 Å². The average Bonchev–Trinajstić information content (AvgIpc) is 3.56. The highest BCUT2D eigenvalue weighted by molar-refractivity contribution is 9.10. The van der Waals surface area contributed by atoms with Gasteiger partial charge in [0.05, 0.1) is 16.8 Å². The molecule has 2 aromatic rings. The number of Topliss-reactive ketones (excluding diaryl/α,β-unsaturated/α-hetero) is 1. The van der Waals surface area contributed by atoms with Crippen molar-refractivity contribution in [3.63, 3.8) is 0 Å². The van der Waals surface area contributed by atoms with Crippen molar-refractivity contribution in [1.29, 1.82) is 0 Å². The first-order chi connectivity index (χ1) is 14.7. The third-order valence-corrected chi connectivity index (χ3v) is 6.37. The molecule has 1 saturated heterocycles. The minimum Gasteiger partial charge on any atom is -0.444 e. The number of fused-ring (bicyclic) bond motifs is 1. The molecule has 0 unspecified atom stereocenters. The number of benzene rings is 1. The van der Waals surface area contributed by atoms with Crippen LogP contribution in [0.2, 0.25) is 0 Å². The molecule has 2 aliphatic rings. The number of carbonyl (C=O) groups is 2. The second-order valence-electron chi connectivity index (χ2n) is 9.64. The van der Waals surface area contributed by atoms with Gasteiger partial charge in [-0.3, -0.25) is 9.78 Å². The number of ketones is 1. The Bertz CT molecular complexity index is 989. The van der Waals surface area contributed by atoms with Crippen LogP contribution in [0.25, 0.3) is 10.9 Å². The number of amides is 1. The van der Waals surface area contributed by atoms with E-state index >= 15 is 0 Å². The molecule has 0 atom stereocenters. The van der Waals surface area contributed by atoms with E-state index in [4.69, 9.17) is 4.74 Å². The number of halogens is 1. The standard InChI is InChI=1S/C24H30BrN3O3/c1-24(2,3)31-23(30)28-10-8-15(9-11-28)13-27-21-18-12-17(25)6-7-20(18)26-14-19(21)22(29)16-4-5-16/h6-7,12,14-16H,4-5,8-11,13H2,1-3H3,(H,26,27). The summed E-state index contributed by atoms with van der Waals surface area (Å²) in [6, 6.07) is 5.96. The van der Waals surface area contributed by atoms with Crippen LogP contribution in [-0.4, -0.2) is 47.0 Å². The normalized spacial score (nSPS) is 17.6. The van der Waals surface area contributed by atoms with Crippen molar-refractivity contribution >= 4 is 44.4 Å². The van der Waals surface area contributed by atoms with Crippen LogP contribution >= 0.6 is 15.9 Å². The molecule has 4 rings (SSSR count). The Kier molecular flexibility index (Phi) is 6.24. The summed E-state index contributed by atoms with van der Waals surface area (Å²) in [7, 11) is 0. The molecule has 1 amide bonds. The molecule has 0 radical (unpaired) electrons. The second-order valence-corrected chi connectivity index (χ2v) is 10.6. The number of pyridine rings is 1. The second kappa shape index (κ2) is 8.77. The van der Waals surface area contributed by atoms with Gasteiger partial charge in [0.1, 0.15) is 5.60 Å². The zero-order chi connectivity index (χ0) is 22.2. The highest BCUT2D eigenvalue weighted by Gasteiger charge is 2.33. The number of rotatable bonds is 5. The summed E-state index contributed by atoms with van der Waals surface area (Å²) in [5.74, 6) is 0.763. The molecular weight excluding hydrogens is 458 g/mol. The van der Waals surface area contributed by atoms with Gasteiger partial charge in [0.15, 0.2) is 5.78 Å². The molecule has 1 N–H and O–H groups in total. The fourth-order valence-corrected chi connectivity index (χ4v) is 4.36.